The van der Waals surface area contributed by atoms with Gasteiger partial charge in [0.15, 0.2) is 5.82 Å². The van der Waals surface area contributed by atoms with Gasteiger partial charge in [-0.15, -0.1) is 4.52 Å². The molecule has 1 saturated carbocycles. The van der Waals surface area contributed by atoms with Crippen molar-refractivity contribution in [3.63, 3.8) is 0 Å². The van der Waals surface area contributed by atoms with E-state index in [1.165, 1.54) is 10.7 Å². The van der Waals surface area contributed by atoms with Crippen LogP contribution in [0, 0.1) is 23.3 Å². The van der Waals surface area contributed by atoms with Crippen LogP contribution in [0.3, 0.4) is 0 Å². The summed E-state index contributed by atoms with van der Waals surface area (Å²) in [6, 6.07) is 6.05. The summed E-state index contributed by atoms with van der Waals surface area (Å²) in [6.07, 6.45) is 5.50. The first-order valence-electron chi connectivity index (χ1n) is 12.3. The lowest BCUT2D eigenvalue weighted by Gasteiger charge is -2.54. The topological polar surface area (TPSA) is 119 Å². The van der Waals surface area contributed by atoms with Crippen LogP contribution in [-0.4, -0.2) is 62.6 Å². The number of benzene rings is 1. The van der Waals surface area contributed by atoms with Crippen LogP contribution >= 0.6 is 11.6 Å². The molecular formula is C25H25ClN10O. The highest BCUT2D eigenvalue weighted by molar-refractivity contribution is 6.36. The fourth-order valence-corrected chi connectivity index (χ4v) is 5.43. The van der Waals surface area contributed by atoms with Crippen molar-refractivity contribution in [1.29, 1.82) is 5.26 Å². The Morgan fingerprint density at radius 1 is 1.30 bits per heavy atom. The van der Waals surface area contributed by atoms with Crippen LogP contribution < -0.4 is 15.5 Å². The van der Waals surface area contributed by atoms with Crippen LogP contribution in [0.2, 0.25) is 5.02 Å². The van der Waals surface area contributed by atoms with Crippen LogP contribution in [0.25, 0.3) is 10.5 Å². The molecule has 11 nitrogen and oxygen atoms in total. The highest BCUT2D eigenvalue weighted by Gasteiger charge is 2.46. The fraction of sp³-hybridized carbons (Fsp3) is 0.440. The molecule has 2 saturated heterocycles. The molecule has 4 heterocycles. The predicted molar refractivity (Wildman–Crippen MR) is 139 cm³/mol. The molecule has 3 fully saturated rings. The molecular weight excluding hydrogens is 492 g/mol. The number of carbonyl (C=O) groups excluding carboxylic acids is 1. The lowest BCUT2D eigenvalue weighted by molar-refractivity contribution is -0.142. The molecule has 2 aromatic heterocycles. The number of hydrogen-bond acceptors (Lipinski definition) is 8. The van der Waals surface area contributed by atoms with E-state index in [9.17, 15) is 10.1 Å². The Morgan fingerprint density at radius 3 is 2.70 bits per heavy atom. The van der Waals surface area contributed by atoms with E-state index in [1.54, 1.807) is 13.0 Å². The number of halogens is 1. The second-order valence-electron chi connectivity index (χ2n) is 10.1. The van der Waals surface area contributed by atoms with Crippen LogP contribution in [-0.2, 0) is 4.79 Å². The van der Waals surface area contributed by atoms with Crippen LogP contribution in [0.5, 0.6) is 0 Å². The van der Waals surface area contributed by atoms with Gasteiger partial charge in [0, 0.05) is 44.6 Å². The monoisotopic (exact) mass is 516 g/mol. The summed E-state index contributed by atoms with van der Waals surface area (Å²) in [5, 5.41) is 21.2. The Morgan fingerprint density at radius 2 is 2.05 bits per heavy atom. The van der Waals surface area contributed by atoms with E-state index in [0.29, 0.717) is 33.8 Å². The summed E-state index contributed by atoms with van der Waals surface area (Å²) in [7, 11) is 0. The molecule has 1 amide bonds. The Balaban J connectivity index is 1.28. The summed E-state index contributed by atoms with van der Waals surface area (Å²) < 4.78 is 1.46. The molecule has 2 aliphatic heterocycles. The standard InChI is InChI=1S/C25H25ClN10O/c1-15(37)35-13-25(14-35)5-7-34(8-6-25)19-10-16(11-27)9-18(21(19)26)31-24-32-22(30-17-3-4-17)23-29-12-20(28-2)36(23)33-24/h9-10,12,17H,3-8,13-14H2,1H3,(H2,30,31,32,33). The number of nitriles is 1. The first-order chi connectivity index (χ1) is 17.9. The number of aromatic nitrogens is 4. The molecule has 0 radical (unpaired) electrons. The number of nitrogens with zero attached hydrogens (tertiary/aromatic N) is 8. The average molecular weight is 517 g/mol. The number of piperidine rings is 1. The van der Waals surface area contributed by atoms with Gasteiger partial charge in [-0.1, -0.05) is 23.3 Å². The van der Waals surface area contributed by atoms with E-state index >= 15 is 0 Å². The summed E-state index contributed by atoms with van der Waals surface area (Å²) >= 11 is 6.89. The number of rotatable bonds is 5. The van der Waals surface area contributed by atoms with E-state index in [2.05, 4.69) is 41.5 Å². The second kappa shape index (κ2) is 8.79. The first kappa shape index (κ1) is 23.3. The molecule has 188 valence electrons. The molecule has 1 aliphatic carbocycles. The minimum atomic E-state index is 0.128. The van der Waals surface area contributed by atoms with E-state index < -0.39 is 0 Å². The number of anilines is 4. The molecule has 1 spiro atoms. The van der Waals surface area contributed by atoms with Gasteiger partial charge in [0.25, 0.3) is 17.4 Å². The lowest BCUT2D eigenvalue weighted by atomic mass is 9.72. The third-order valence-corrected chi connectivity index (χ3v) is 7.87. The zero-order valence-electron chi connectivity index (χ0n) is 20.3. The van der Waals surface area contributed by atoms with Gasteiger partial charge < -0.3 is 25.3 Å². The predicted octanol–water partition coefficient (Wildman–Crippen LogP) is 3.97. The van der Waals surface area contributed by atoms with Crippen molar-refractivity contribution >= 4 is 52.1 Å². The molecule has 2 N–H and O–H groups in total. The zero-order chi connectivity index (χ0) is 25.7. The maximum atomic E-state index is 11.6. The van der Waals surface area contributed by atoms with Crippen LogP contribution in [0.15, 0.2) is 18.3 Å². The number of carbonyl (C=O) groups is 1. The maximum Gasteiger partial charge on any atom is 0.275 e. The smallest absolute Gasteiger partial charge is 0.275 e. The van der Waals surface area contributed by atoms with Crippen molar-refractivity contribution in [2.75, 3.05) is 41.7 Å². The van der Waals surface area contributed by atoms with Gasteiger partial charge in [-0.05, 0) is 37.8 Å². The van der Waals surface area contributed by atoms with Crippen molar-refractivity contribution < 1.29 is 4.79 Å². The molecule has 0 atom stereocenters. The van der Waals surface area contributed by atoms with Gasteiger partial charge >= 0.3 is 0 Å². The Labute approximate surface area is 218 Å². The molecule has 1 aromatic carbocycles. The molecule has 3 aliphatic rings. The second-order valence-corrected chi connectivity index (χ2v) is 10.5. The molecule has 6 rings (SSSR count). The van der Waals surface area contributed by atoms with E-state index in [-0.39, 0.29) is 23.1 Å². The SMILES string of the molecule is [C-]#[N+]c1cnc2c(NC3CC3)nc(Nc3cc(C#N)cc(N4CCC5(CC4)CN(C(C)=O)C5)c3Cl)nn12. The number of fused-ring (bicyclic) bond motifs is 1. The van der Waals surface area contributed by atoms with E-state index in [0.717, 1.165) is 57.5 Å². The van der Waals surface area contributed by atoms with Crippen molar-refractivity contribution in [2.24, 2.45) is 5.41 Å². The van der Waals surface area contributed by atoms with E-state index in [1.807, 2.05) is 11.0 Å². The first-order valence-corrected chi connectivity index (χ1v) is 12.7. The van der Waals surface area contributed by atoms with Crippen molar-refractivity contribution in [1.82, 2.24) is 24.5 Å². The number of amides is 1. The van der Waals surface area contributed by atoms with E-state index in [4.69, 9.17) is 18.2 Å². The largest absolute Gasteiger partial charge is 0.370 e. The minimum absolute atomic E-state index is 0.128. The van der Waals surface area contributed by atoms with Gasteiger partial charge in [0.2, 0.25) is 5.91 Å². The van der Waals surface area contributed by atoms with Crippen molar-refractivity contribution in [2.45, 2.75) is 38.6 Å². The third kappa shape index (κ3) is 4.25. The number of hydrogen-bond donors (Lipinski definition) is 2. The average Bonchev–Trinajstić information content (AvgIpc) is 3.59. The van der Waals surface area contributed by atoms with Crippen molar-refractivity contribution in [3.8, 4) is 6.07 Å². The zero-order valence-corrected chi connectivity index (χ0v) is 21.1. The van der Waals surface area contributed by atoms with Gasteiger partial charge in [-0.2, -0.15) is 10.2 Å². The highest BCUT2D eigenvalue weighted by Crippen LogP contribution is 2.44. The van der Waals surface area contributed by atoms with Gasteiger partial charge in [0.05, 0.1) is 34.2 Å². The van der Waals surface area contributed by atoms with Gasteiger partial charge in [-0.25, -0.2) is 4.98 Å². The normalized spacial score (nSPS) is 18.3. The molecule has 0 unspecified atom stereocenters. The van der Waals surface area contributed by atoms with Crippen LogP contribution in [0.1, 0.15) is 38.2 Å². The molecule has 0 bridgehead atoms. The third-order valence-electron chi connectivity index (χ3n) is 7.47. The number of likely N-dealkylation sites (tertiary alicyclic amines) is 1. The summed E-state index contributed by atoms with van der Waals surface area (Å²) in [5.41, 5.74) is 2.44. The summed E-state index contributed by atoms with van der Waals surface area (Å²) in [6.45, 7) is 12.3. The summed E-state index contributed by atoms with van der Waals surface area (Å²) in [5.74, 6) is 1.20. The van der Waals surface area contributed by atoms with Crippen LogP contribution in [0.4, 0.5) is 29.0 Å². The van der Waals surface area contributed by atoms with Gasteiger partial charge in [-0.3, -0.25) is 4.79 Å². The maximum absolute atomic E-state index is 11.6. The lowest BCUT2D eigenvalue weighted by Crippen LogP contribution is -2.61. The Kier molecular flexibility index (Phi) is 5.54. The number of nitrogens with one attached hydrogen (secondary N) is 2. The minimum Gasteiger partial charge on any atom is -0.370 e. The molecule has 12 heteroatoms. The van der Waals surface area contributed by atoms with Gasteiger partial charge in [0.1, 0.15) is 0 Å². The summed E-state index contributed by atoms with van der Waals surface area (Å²) in [4.78, 5) is 28.2. The Hall–Kier alpha value is -4.09. The Bertz CT molecular complexity index is 1480. The molecule has 37 heavy (non-hydrogen) atoms. The molecule has 3 aromatic rings. The highest BCUT2D eigenvalue weighted by atomic mass is 35.5. The quantitative estimate of drug-likeness (QED) is 0.489. The van der Waals surface area contributed by atoms with Crippen molar-refractivity contribution in [3.05, 3.63) is 40.3 Å². The fourth-order valence-electron chi connectivity index (χ4n) is 5.16. The number of imidazole rings is 1.